The molecule has 1 amide bonds. The van der Waals surface area contributed by atoms with Gasteiger partial charge < -0.3 is 14.8 Å². The summed E-state index contributed by atoms with van der Waals surface area (Å²) in [5.74, 6) is -1.34. The number of carboxylic acids is 1. The normalized spacial score (nSPS) is 28.4. The lowest BCUT2D eigenvalue weighted by molar-refractivity contribution is -0.316. The Labute approximate surface area is 92.8 Å². The van der Waals surface area contributed by atoms with E-state index in [0.717, 1.165) is 5.57 Å². The molecule has 5 nitrogen and oxygen atoms in total. The van der Waals surface area contributed by atoms with Gasteiger partial charge in [-0.25, -0.2) is 0 Å². The van der Waals surface area contributed by atoms with Crippen LogP contribution < -0.4 is 5.11 Å². The highest BCUT2D eigenvalue weighted by Crippen LogP contribution is 2.28. The number of allylic oxidation sites excluding steroid dienone is 2. The van der Waals surface area contributed by atoms with Crippen LogP contribution in [0.15, 0.2) is 28.9 Å². The Kier molecular flexibility index (Phi) is 2.18. The van der Waals surface area contributed by atoms with Crippen molar-refractivity contribution >= 4 is 17.7 Å². The van der Waals surface area contributed by atoms with E-state index in [1.807, 2.05) is 6.92 Å². The number of nitrogens with zero attached hydrogens (tertiary/aromatic N) is 2. The van der Waals surface area contributed by atoms with Crippen LogP contribution in [0, 0.1) is 0 Å². The highest BCUT2D eigenvalue weighted by atomic mass is 16.4. The van der Waals surface area contributed by atoms with Gasteiger partial charge in [0, 0.05) is 6.20 Å². The number of aliphatic carboxylic acids is 1. The number of hydrogen-bond donors (Lipinski definition) is 0. The zero-order chi connectivity index (χ0) is 11.9. The number of rotatable bonds is 1. The summed E-state index contributed by atoms with van der Waals surface area (Å²) in [6.45, 7) is 3.32. The van der Waals surface area contributed by atoms with Gasteiger partial charge in [0.2, 0.25) is 5.91 Å². The predicted molar refractivity (Wildman–Crippen MR) is 55.2 cm³/mol. The number of aliphatic imine (C=N–C) groups is 1. The predicted octanol–water partition coefficient (Wildman–Crippen LogP) is -0.401. The van der Waals surface area contributed by atoms with Gasteiger partial charge in [0.05, 0.1) is 17.9 Å². The Morgan fingerprint density at radius 1 is 1.62 bits per heavy atom. The van der Waals surface area contributed by atoms with Crippen LogP contribution in [0.1, 0.15) is 20.3 Å². The summed E-state index contributed by atoms with van der Waals surface area (Å²) in [7, 11) is 0. The molecule has 0 fully saturated rings. The largest absolute Gasteiger partial charge is 0.548 e. The van der Waals surface area contributed by atoms with E-state index in [4.69, 9.17) is 0 Å². The van der Waals surface area contributed by atoms with E-state index in [-0.39, 0.29) is 6.42 Å². The van der Waals surface area contributed by atoms with Crippen molar-refractivity contribution in [1.82, 2.24) is 4.90 Å². The first-order valence-corrected chi connectivity index (χ1v) is 4.92. The molecule has 0 radical (unpaired) electrons. The summed E-state index contributed by atoms with van der Waals surface area (Å²) in [6.07, 6.45) is 4.90. The monoisotopic (exact) mass is 219 g/mol. The van der Waals surface area contributed by atoms with Crippen LogP contribution in [0.5, 0.6) is 0 Å². The Bertz CT molecular complexity index is 462. The summed E-state index contributed by atoms with van der Waals surface area (Å²) in [5.41, 5.74) is -0.424. The Hall–Kier alpha value is -1.91. The molecule has 0 aromatic heterocycles. The first-order chi connectivity index (χ1) is 7.43. The highest BCUT2D eigenvalue weighted by Gasteiger charge is 2.40. The van der Waals surface area contributed by atoms with Gasteiger partial charge in [-0.15, -0.1) is 0 Å². The lowest BCUT2D eigenvalue weighted by Gasteiger charge is -2.43. The molecule has 16 heavy (non-hydrogen) atoms. The number of carboxylic acid groups (broad SMARTS) is 1. The van der Waals surface area contributed by atoms with E-state index in [2.05, 4.69) is 4.99 Å². The van der Waals surface area contributed by atoms with Crippen LogP contribution in [0.3, 0.4) is 0 Å². The van der Waals surface area contributed by atoms with Crippen molar-refractivity contribution in [2.45, 2.75) is 25.8 Å². The fourth-order valence-corrected chi connectivity index (χ4v) is 1.81. The molecule has 0 aromatic rings. The van der Waals surface area contributed by atoms with Gasteiger partial charge in [0.1, 0.15) is 5.84 Å². The van der Waals surface area contributed by atoms with E-state index in [0.29, 0.717) is 5.84 Å². The van der Waals surface area contributed by atoms with E-state index in [9.17, 15) is 14.7 Å². The molecule has 0 N–H and O–H groups in total. The third-order valence-corrected chi connectivity index (χ3v) is 2.80. The maximum absolute atomic E-state index is 11.4. The van der Waals surface area contributed by atoms with E-state index in [1.165, 1.54) is 11.8 Å². The second-order valence-corrected chi connectivity index (χ2v) is 4.18. The summed E-state index contributed by atoms with van der Waals surface area (Å²) >= 11 is 0. The van der Waals surface area contributed by atoms with Gasteiger partial charge >= 0.3 is 0 Å². The SMILES string of the molecule is CC1=CC2=NC(=O)C[C@@](C)(C(=O)[O-])N2C=C1. The van der Waals surface area contributed by atoms with Crippen molar-refractivity contribution in [3.05, 3.63) is 23.9 Å². The van der Waals surface area contributed by atoms with Gasteiger partial charge in [-0.2, -0.15) is 4.99 Å². The van der Waals surface area contributed by atoms with Crippen molar-refractivity contribution in [3.8, 4) is 0 Å². The molecule has 2 aliphatic rings. The maximum atomic E-state index is 11.4. The van der Waals surface area contributed by atoms with Crippen molar-refractivity contribution < 1.29 is 14.7 Å². The molecular weight excluding hydrogens is 208 g/mol. The number of amidine groups is 1. The van der Waals surface area contributed by atoms with Crippen LogP contribution in [0.25, 0.3) is 0 Å². The fraction of sp³-hybridized carbons (Fsp3) is 0.364. The van der Waals surface area contributed by atoms with Gasteiger partial charge in [-0.05, 0) is 31.6 Å². The average molecular weight is 219 g/mol. The lowest BCUT2D eigenvalue weighted by Crippen LogP contribution is -2.61. The quantitative estimate of drug-likeness (QED) is 0.601. The minimum absolute atomic E-state index is 0.171. The van der Waals surface area contributed by atoms with Crippen molar-refractivity contribution in [2.24, 2.45) is 4.99 Å². The van der Waals surface area contributed by atoms with Gasteiger partial charge in [0.15, 0.2) is 0 Å². The fourth-order valence-electron chi connectivity index (χ4n) is 1.81. The molecule has 0 spiro atoms. The van der Waals surface area contributed by atoms with Crippen LogP contribution >= 0.6 is 0 Å². The molecule has 0 unspecified atom stereocenters. The highest BCUT2D eigenvalue weighted by molar-refractivity contribution is 6.08. The van der Waals surface area contributed by atoms with E-state index < -0.39 is 17.4 Å². The molecule has 0 aromatic carbocycles. The molecule has 0 saturated carbocycles. The van der Waals surface area contributed by atoms with Crippen molar-refractivity contribution in [2.75, 3.05) is 0 Å². The van der Waals surface area contributed by atoms with Crippen LogP contribution in [-0.4, -0.2) is 28.2 Å². The van der Waals surface area contributed by atoms with Crippen LogP contribution in [0.2, 0.25) is 0 Å². The van der Waals surface area contributed by atoms with Crippen LogP contribution in [-0.2, 0) is 9.59 Å². The zero-order valence-corrected chi connectivity index (χ0v) is 9.06. The van der Waals surface area contributed by atoms with Gasteiger partial charge in [-0.3, -0.25) is 4.79 Å². The third kappa shape index (κ3) is 1.44. The lowest BCUT2D eigenvalue weighted by atomic mass is 9.92. The molecule has 84 valence electrons. The number of amides is 1. The second kappa shape index (κ2) is 3.30. The smallest absolute Gasteiger partial charge is 0.250 e. The van der Waals surface area contributed by atoms with Crippen molar-refractivity contribution in [3.63, 3.8) is 0 Å². The number of hydrogen-bond acceptors (Lipinski definition) is 4. The molecule has 2 aliphatic heterocycles. The Morgan fingerprint density at radius 3 is 2.94 bits per heavy atom. The van der Waals surface area contributed by atoms with Gasteiger partial charge in [0.25, 0.3) is 0 Å². The summed E-state index contributed by atoms with van der Waals surface area (Å²) < 4.78 is 0. The first kappa shape index (κ1) is 10.6. The summed E-state index contributed by atoms with van der Waals surface area (Å²) in [6, 6.07) is 0. The maximum Gasteiger partial charge on any atom is 0.250 e. The third-order valence-electron chi connectivity index (χ3n) is 2.80. The standard InChI is InChI=1S/C11H12N2O3/c1-7-3-4-13-8(5-7)12-9(14)6-11(13,2)10(15)16/h3-5H,6H2,1-2H3,(H,15,16)/p-1/t11-/m0/s1. The number of carbonyl (C=O) groups excluding carboxylic acids is 2. The average Bonchev–Trinajstić information content (AvgIpc) is 2.15. The number of fused-ring (bicyclic) bond motifs is 1. The van der Waals surface area contributed by atoms with E-state index >= 15 is 0 Å². The Balaban J connectivity index is 2.51. The van der Waals surface area contributed by atoms with Gasteiger partial charge in [-0.1, -0.05) is 0 Å². The first-order valence-electron chi connectivity index (χ1n) is 4.92. The molecule has 0 saturated heterocycles. The topological polar surface area (TPSA) is 72.8 Å². The molecule has 2 heterocycles. The van der Waals surface area contributed by atoms with Crippen molar-refractivity contribution in [1.29, 1.82) is 0 Å². The molecular formula is C11H11N2O3-. The Morgan fingerprint density at radius 2 is 2.31 bits per heavy atom. The summed E-state index contributed by atoms with van der Waals surface area (Å²) in [4.78, 5) is 27.8. The molecule has 1 atom stereocenters. The second-order valence-electron chi connectivity index (χ2n) is 4.18. The van der Waals surface area contributed by atoms with E-state index in [1.54, 1.807) is 18.4 Å². The van der Waals surface area contributed by atoms with Crippen LogP contribution in [0.4, 0.5) is 0 Å². The zero-order valence-electron chi connectivity index (χ0n) is 9.06. The molecule has 0 aliphatic carbocycles. The number of carbonyl (C=O) groups is 2. The molecule has 2 rings (SSSR count). The summed E-state index contributed by atoms with van der Waals surface area (Å²) in [5, 5.41) is 11.1. The molecule has 5 heteroatoms. The minimum Gasteiger partial charge on any atom is -0.548 e. The minimum atomic E-state index is -1.35. The molecule has 0 bridgehead atoms.